The van der Waals surface area contributed by atoms with E-state index in [1.807, 2.05) is 17.0 Å². The van der Waals surface area contributed by atoms with Crippen LogP contribution in [-0.2, 0) is 11.3 Å². The first-order chi connectivity index (χ1) is 19.4. The van der Waals surface area contributed by atoms with Crippen molar-refractivity contribution in [2.45, 2.75) is 38.3 Å². The van der Waals surface area contributed by atoms with Crippen LogP contribution in [0.15, 0.2) is 48.7 Å². The predicted octanol–water partition coefficient (Wildman–Crippen LogP) is 4.83. The van der Waals surface area contributed by atoms with E-state index in [4.69, 9.17) is 0 Å². The fourth-order valence-electron chi connectivity index (χ4n) is 5.90. The average molecular weight is 550 g/mol. The number of carbonyl (C=O) groups excluding carboxylic acids is 2. The zero-order valence-corrected chi connectivity index (χ0v) is 22.0. The maximum Gasteiger partial charge on any atom is 0.254 e. The van der Waals surface area contributed by atoms with Gasteiger partial charge in [0, 0.05) is 48.1 Å². The van der Waals surface area contributed by atoms with Crippen molar-refractivity contribution in [2.75, 3.05) is 42.9 Å². The minimum absolute atomic E-state index is 0.0336. The van der Waals surface area contributed by atoms with Crippen molar-refractivity contribution in [1.82, 2.24) is 14.8 Å². The lowest BCUT2D eigenvalue weighted by Crippen LogP contribution is -2.42. The smallest absolute Gasteiger partial charge is 0.254 e. The number of rotatable bonds is 6. The van der Waals surface area contributed by atoms with E-state index in [0.717, 1.165) is 50.7 Å². The highest BCUT2D eigenvalue weighted by atomic mass is 19.2. The molecular formula is C30H30F3N5O2. The fourth-order valence-corrected chi connectivity index (χ4v) is 5.90. The fraction of sp³-hybridized carbons (Fsp3) is 0.367. The van der Waals surface area contributed by atoms with Crippen LogP contribution >= 0.6 is 0 Å². The highest BCUT2D eigenvalue weighted by Crippen LogP contribution is 2.34. The summed E-state index contributed by atoms with van der Waals surface area (Å²) in [5.41, 5.74) is 2.37. The van der Waals surface area contributed by atoms with Crippen LogP contribution in [-0.4, -0.2) is 65.4 Å². The molecule has 0 radical (unpaired) electrons. The minimum atomic E-state index is -1.29. The molecule has 2 fully saturated rings. The maximum absolute atomic E-state index is 14.4. The molecule has 6 rings (SSSR count). The second kappa shape index (κ2) is 10.9. The quantitative estimate of drug-likeness (QED) is 0.447. The highest BCUT2D eigenvalue weighted by molar-refractivity contribution is 6.02. The summed E-state index contributed by atoms with van der Waals surface area (Å²) in [5, 5.41) is 2.94. The summed E-state index contributed by atoms with van der Waals surface area (Å²) in [6.45, 7) is 3.58. The molecule has 0 unspecified atom stereocenters. The third-order valence-corrected chi connectivity index (χ3v) is 8.06. The molecule has 10 heteroatoms. The summed E-state index contributed by atoms with van der Waals surface area (Å²) in [5.74, 6) is -3.30. The van der Waals surface area contributed by atoms with Gasteiger partial charge in [-0.05, 0) is 68.6 Å². The average Bonchev–Trinajstić information content (AvgIpc) is 3.65. The molecular weight excluding hydrogens is 519 g/mol. The van der Waals surface area contributed by atoms with Crippen molar-refractivity contribution in [3.8, 4) is 11.1 Å². The van der Waals surface area contributed by atoms with Gasteiger partial charge in [0.1, 0.15) is 5.82 Å². The zero-order chi connectivity index (χ0) is 27.8. The second-order valence-electron chi connectivity index (χ2n) is 10.7. The standard InChI is InChI=1S/C30H30F3N5O2/c31-24-14-26(33)25(32)12-22(24)17-38-27-13-21(15-34-29(27)35-16-28(38)39)19-5-7-20(8-6-19)30(40)37-11-3-4-23(37)18-36-9-1-2-10-36/h5-8,12-15,23H,1-4,9-11,16-18H2,(H,34,35)/t23-/m0/s1. The second-order valence-corrected chi connectivity index (χ2v) is 10.7. The van der Waals surface area contributed by atoms with E-state index in [-0.39, 0.29) is 36.5 Å². The number of hydrogen-bond donors (Lipinski definition) is 1. The highest BCUT2D eigenvalue weighted by Gasteiger charge is 2.31. The number of nitrogens with one attached hydrogen (secondary N) is 1. The lowest BCUT2D eigenvalue weighted by atomic mass is 10.0. The number of carbonyl (C=O) groups is 2. The Balaban J connectivity index is 1.22. The molecule has 3 aliphatic heterocycles. The minimum Gasteiger partial charge on any atom is -0.359 e. The number of fused-ring (bicyclic) bond motifs is 1. The van der Waals surface area contributed by atoms with E-state index in [2.05, 4.69) is 15.2 Å². The summed E-state index contributed by atoms with van der Waals surface area (Å²) in [6.07, 6.45) is 6.15. The Morgan fingerprint density at radius 2 is 1.68 bits per heavy atom. The van der Waals surface area contributed by atoms with E-state index in [1.54, 1.807) is 24.4 Å². The first-order valence-electron chi connectivity index (χ1n) is 13.7. The van der Waals surface area contributed by atoms with Crippen LogP contribution in [0.25, 0.3) is 11.1 Å². The SMILES string of the molecule is O=C1CNc2ncc(-c3ccc(C(=O)N4CCC[C@H]4CN4CCCC4)cc3)cc2N1Cc1cc(F)c(F)cc1F. The van der Waals surface area contributed by atoms with E-state index in [0.29, 0.717) is 28.7 Å². The summed E-state index contributed by atoms with van der Waals surface area (Å²) < 4.78 is 41.6. The summed E-state index contributed by atoms with van der Waals surface area (Å²) >= 11 is 0. The van der Waals surface area contributed by atoms with Crippen molar-refractivity contribution >= 4 is 23.3 Å². The number of amides is 2. The van der Waals surface area contributed by atoms with E-state index in [9.17, 15) is 22.8 Å². The molecule has 0 aliphatic carbocycles. The van der Waals surface area contributed by atoms with Crippen LogP contribution < -0.4 is 10.2 Å². The van der Waals surface area contributed by atoms with Gasteiger partial charge in [-0.15, -0.1) is 0 Å². The number of aromatic nitrogens is 1. The van der Waals surface area contributed by atoms with Gasteiger partial charge in [-0.3, -0.25) is 9.59 Å². The number of nitrogens with zero attached hydrogens (tertiary/aromatic N) is 4. The van der Waals surface area contributed by atoms with Crippen molar-refractivity contribution in [2.24, 2.45) is 0 Å². The Hall–Kier alpha value is -3.92. The van der Waals surface area contributed by atoms with Gasteiger partial charge in [0.25, 0.3) is 5.91 Å². The molecule has 0 bridgehead atoms. The van der Waals surface area contributed by atoms with E-state index < -0.39 is 17.5 Å². The Labute approximate surface area is 230 Å². The largest absolute Gasteiger partial charge is 0.359 e. The van der Waals surface area contributed by atoms with Gasteiger partial charge in [-0.2, -0.15) is 0 Å². The molecule has 208 valence electrons. The lowest BCUT2D eigenvalue weighted by molar-refractivity contribution is -0.117. The number of halogens is 3. The first-order valence-corrected chi connectivity index (χ1v) is 13.7. The van der Waals surface area contributed by atoms with Crippen LogP contribution in [0, 0.1) is 17.5 Å². The van der Waals surface area contributed by atoms with Crippen molar-refractivity contribution in [3.05, 3.63) is 77.2 Å². The summed E-state index contributed by atoms with van der Waals surface area (Å²) in [7, 11) is 0. The topological polar surface area (TPSA) is 68.8 Å². The van der Waals surface area contributed by atoms with E-state index >= 15 is 0 Å². The molecule has 1 N–H and O–H groups in total. The van der Waals surface area contributed by atoms with Crippen LogP contribution in [0.4, 0.5) is 24.7 Å². The van der Waals surface area contributed by atoms with Crippen LogP contribution in [0.3, 0.4) is 0 Å². The van der Waals surface area contributed by atoms with Crippen molar-refractivity contribution < 1.29 is 22.8 Å². The molecule has 3 aliphatic rings. The monoisotopic (exact) mass is 549 g/mol. The number of likely N-dealkylation sites (tertiary alicyclic amines) is 2. The third kappa shape index (κ3) is 5.15. The van der Waals surface area contributed by atoms with Gasteiger partial charge in [-0.25, -0.2) is 18.2 Å². The van der Waals surface area contributed by atoms with Gasteiger partial charge in [0.05, 0.1) is 18.8 Å². The third-order valence-electron chi connectivity index (χ3n) is 8.06. The van der Waals surface area contributed by atoms with Crippen LogP contribution in [0.1, 0.15) is 41.6 Å². The summed E-state index contributed by atoms with van der Waals surface area (Å²) in [6, 6.07) is 10.5. The predicted molar refractivity (Wildman–Crippen MR) is 145 cm³/mol. The zero-order valence-electron chi connectivity index (χ0n) is 22.0. The maximum atomic E-state index is 14.4. The summed E-state index contributed by atoms with van der Waals surface area (Å²) in [4.78, 5) is 36.3. The molecule has 2 saturated heterocycles. The normalized spacial score (nSPS) is 19.2. The van der Waals surface area contributed by atoms with Gasteiger partial charge in [-0.1, -0.05) is 12.1 Å². The van der Waals surface area contributed by atoms with Crippen molar-refractivity contribution in [1.29, 1.82) is 0 Å². The molecule has 40 heavy (non-hydrogen) atoms. The number of anilines is 2. The van der Waals surface area contributed by atoms with Gasteiger partial charge >= 0.3 is 0 Å². The molecule has 4 heterocycles. The number of benzene rings is 2. The van der Waals surface area contributed by atoms with Gasteiger partial charge < -0.3 is 20.0 Å². The number of pyridine rings is 1. The van der Waals surface area contributed by atoms with Crippen molar-refractivity contribution in [3.63, 3.8) is 0 Å². The Morgan fingerprint density at radius 3 is 2.45 bits per heavy atom. The van der Waals surface area contributed by atoms with Gasteiger partial charge in [0.15, 0.2) is 17.5 Å². The van der Waals surface area contributed by atoms with Crippen LogP contribution in [0.5, 0.6) is 0 Å². The first kappa shape index (κ1) is 26.3. The molecule has 0 saturated carbocycles. The molecule has 2 amide bonds. The molecule has 1 atom stereocenters. The molecule has 3 aromatic rings. The lowest BCUT2D eigenvalue weighted by Gasteiger charge is -2.30. The molecule has 2 aromatic carbocycles. The molecule has 0 spiro atoms. The van der Waals surface area contributed by atoms with Crippen LogP contribution in [0.2, 0.25) is 0 Å². The Kier molecular flexibility index (Phi) is 7.18. The Morgan fingerprint density at radius 1 is 0.925 bits per heavy atom. The number of hydrogen-bond acceptors (Lipinski definition) is 5. The van der Waals surface area contributed by atoms with Gasteiger partial charge in [0.2, 0.25) is 5.91 Å². The molecule has 7 nitrogen and oxygen atoms in total. The Bertz CT molecular complexity index is 1440. The molecule has 1 aromatic heterocycles. The van der Waals surface area contributed by atoms with E-state index in [1.165, 1.54) is 17.7 Å².